The Morgan fingerprint density at radius 3 is 2.68 bits per heavy atom. The normalized spacial score (nSPS) is 10.8. The number of oxazole rings is 1. The van der Waals surface area contributed by atoms with Crippen molar-refractivity contribution >= 4 is 28.4 Å². The molecule has 1 heterocycles. The Labute approximate surface area is 116 Å². The van der Waals surface area contributed by atoms with Crippen LogP contribution in [-0.2, 0) is 6.42 Å². The Bertz CT molecular complexity index is 704. The lowest BCUT2D eigenvalue weighted by atomic mass is 10.1. The van der Waals surface area contributed by atoms with Crippen molar-refractivity contribution in [3.8, 4) is 0 Å². The zero-order valence-electron chi connectivity index (χ0n) is 10.5. The van der Waals surface area contributed by atoms with E-state index in [0.29, 0.717) is 12.3 Å². The quantitative estimate of drug-likeness (QED) is 0.780. The molecule has 3 nitrogen and oxygen atoms in total. The van der Waals surface area contributed by atoms with Crippen LogP contribution >= 0.6 is 11.6 Å². The van der Waals surface area contributed by atoms with E-state index < -0.39 is 0 Å². The average molecular weight is 273 g/mol. The molecule has 96 valence electrons. The fourth-order valence-corrected chi connectivity index (χ4v) is 2.11. The van der Waals surface area contributed by atoms with Crippen LogP contribution in [0.15, 0.2) is 46.9 Å². The fraction of sp³-hybridized carbons (Fsp3) is 0.133. The van der Waals surface area contributed by atoms with Crippen LogP contribution in [0.2, 0.25) is 5.02 Å². The Kier molecular flexibility index (Phi) is 3.13. The van der Waals surface area contributed by atoms with E-state index in [-0.39, 0.29) is 0 Å². The van der Waals surface area contributed by atoms with Crippen LogP contribution in [0.5, 0.6) is 0 Å². The first kappa shape index (κ1) is 12.1. The smallest absolute Gasteiger partial charge is 0.199 e. The molecular formula is C15H13ClN2O. The minimum atomic E-state index is 0.667. The van der Waals surface area contributed by atoms with Crippen molar-refractivity contribution in [2.45, 2.75) is 6.42 Å². The van der Waals surface area contributed by atoms with E-state index in [4.69, 9.17) is 16.0 Å². The molecule has 0 fully saturated rings. The summed E-state index contributed by atoms with van der Waals surface area (Å²) >= 11 is 5.87. The summed E-state index contributed by atoms with van der Waals surface area (Å²) in [5, 5.41) is 3.82. The number of halogens is 1. The first-order chi connectivity index (χ1) is 9.24. The molecule has 0 amide bonds. The van der Waals surface area contributed by atoms with Crippen molar-refractivity contribution in [2.75, 3.05) is 12.4 Å². The van der Waals surface area contributed by atoms with Gasteiger partial charge in [0.1, 0.15) is 5.52 Å². The van der Waals surface area contributed by atoms with Gasteiger partial charge in [0.15, 0.2) is 11.5 Å². The second-order valence-electron chi connectivity index (χ2n) is 4.34. The van der Waals surface area contributed by atoms with Crippen LogP contribution in [0.3, 0.4) is 0 Å². The number of anilines is 1. The third-order valence-electron chi connectivity index (χ3n) is 2.99. The van der Waals surface area contributed by atoms with Crippen LogP contribution < -0.4 is 5.32 Å². The number of nitrogens with zero attached hydrogens (tertiary/aromatic N) is 1. The predicted molar refractivity (Wildman–Crippen MR) is 77.8 cm³/mol. The molecule has 1 N–H and O–H groups in total. The zero-order valence-corrected chi connectivity index (χ0v) is 11.2. The van der Waals surface area contributed by atoms with E-state index in [1.807, 2.05) is 49.5 Å². The van der Waals surface area contributed by atoms with Crippen LogP contribution in [0.1, 0.15) is 11.5 Å². The van der Waals surface area contributed by atoms with Crippen molar-refractivity contribution in [2.24, 2.45) is 0 Å². The Hall–Kier alpha value is -2.00. The molecule has 0 aliphatic carbocycles. The number of hydrogen-bond donors (Lipinski definition) is 1. The van der Waals surface area contributed by atoms with Gasteiger partial charge in [-0.3, -0.25) is 0 Å². The molecule has 1 aromatic heterocycles. The molecule has 0 radical (unpaired) electrons. The second kappa shape index (κ2) is 4.94. The summed E-state index contributed by atoms with van der Waals surface area (Å²) in [6, 6.07) is 13.6. The number of fused-ring (bicyclic) bond motifs is 1. The largest absolute Gasteiger partial charge is 0.440 e. The fourth-order valence-electron chi connectivity index (χ4n) is 1.98. The topological polar surface area (TPSA) is 38.1 Å². The van der Waals surface area contributed by atoms with Crippen molar-refractivity contribution in [1.29, 1.82) is 0 Å². The molecule has 3 rings (SSSR count). The van der Waals surface area contributed by atoms with Crippen molar-refractivity contribution in [3.05, 3.63) is 58.9 Å². The van der Waals surface area contributed by atoms with Crippen molar-refractivity contribution in [3.63, 3.8) is 0 Å². The van der Waals surface area contributed by atoms with Gasteiger partial charge in [0, 0.05) is 24.2 Å². The van der Waals surface area contributed by atoms with Crippen LogP contribution in [0.25, 0.3) is 11.1 Å². The molecule has 0 atom stereocenters. The van der Waals surface area contributed by atoms with Gasteiger partial charge in [0.25, 0.3) is 0 Å². The number of rotatable bonds is 3. The highest BCUT2D eigenvalue weighted by molar-refractivity contribution is 6.30. The number of benzene rings is 2. The highest BCUT2D eigenvalue weighted by atomic mass is 35.5. The van der Waals surface area contributed by atoms with Crippen LogP contribution in [-0.4, -0.2) is 12.0 Å². The molecule has 0 aliphatic heterocycles. The summed E-state index contributed by atoms with van der Waals surface area (Å²) in [6.45, 7) is 0. The first-order valence-electron chi connectivity index (χ1n) is 6.06. The summed E-state index contributed by atoms with van der Waals surface area (Å²) in [7, 11) is 1.88. The molecule has 0 saturated heterocycles. The molecule has 0 unspecified atom stereocenters. The standard InChI is InChI=1S/C15H13ClN2O/c1-17-12-6-7-14-13(9-12)18-15(19-14)8-10-2-4-11(16)5-3-10/h2-7,9,17H,8H2,1H3. The maximum absolute atomic E-state index is 5.87. The highest BCUT2D eigenvalue weighted by Crippen LogP contribution is 2.21. The molecule has 3 aromatic rings. The van der Waals surface area contributed by atoms with E-state index >= 15 is 0 Å². The second-order valence-corrected chi connectivity index (χ2v) is 4.78. The molecule has 0 aliphatic rings. The van der Waals surface area contributed by atoms with Gasteiger partial charge in [-0.25, -0.2) is 4.98 Å². The van der Waals surface area contributed by atoms with Gasteiger partial charge in [-0.2, -0.15) is 0 Å². The Balaban J connectivity index is 1.90. The van der Waals surface area contributed by atoms with Gasteiger partial charge >= 0.3 is 0 Å². The molecular weight excluding hydrogens is 260 g/mol. The summed E-state index contributed by atoms with van der Waals surface area (Å²) in [6.07, 6.45) is 0.667. The third kappa shape index (κ3) is 2.56. The van der Waals surface area contributed by atoms with E-state index in [2.05, 4.69) is 10.3 Å². The molecule has 4 heteroatoms. The maximum atomic E-state index is 5.87. The monoisotopic (exact) mass is 272 g/mol. The minimum Gasteiger partial charge on any atom is -0.440 e. The Morgan fingerprint density at radius 1 is 1.16 bits per heavy atom. The summed E-state index contributed by atoms with van der Waals surface area (Å²) in [4.78, 5) is 4.50. The molecule has 0 spiro atoms. The molecule has 19 heavy (non-hydrogen) atoms. The lowest BCUT2D eigenvalue weighted by Gasteiger charge is -1.96. The van der Waals surface area contributed by atoms with Crippen molar-refractivity contribution < 1.29 is 4.42 Å². The van der Waals surface area contributed by atoms with E-state index in [1.54, 1.807) is 0 Å². The number of aromatic nitrogens is 1. The summed E-state index contributed by atoms with van der Waals surface area (Å²) in [5.74, 6) is 0.713. The van der Waals surface area contributed by atoms with Gasteiger partial charge in [0.05, 0.1) is 0 Å². The summed E-state index contributed by atoms with van der Waals surface area (Å²) < 4.78 is 5.73. The zero-order chi connectivity index (χ0) is 13.2. The molecule has 2 aromatic carbocycles. The van der Waals surface area contributed by atoms with Gasteiger partial charge in [0.2, 0.25) is 0 Å². The van der Waals surface area contributed by atoms with Crippen LogP contribution in [0.4, 0.5) is 5.69 Å². The van der Waals surface area contributed by atoms with Gasteiger partial charge in [-0.15, -0.1) is 0 Å². The van der Waals surface area contributed by atoms with Gasteiger partial charge in [-0.05, 0) is 35.9 Å². The lowest BCUT2D eigenvalue weighted by molar-refractivity contribution is 0.544. The van der Waals surface area contributed by atoms with Gasteiger partial charge in [-0.1, -0.05) is 23.7 Å². The first-order valence-corrected chi connectivity index (χ1v) is 6.44. The SMILES string of the molecule is CNc1ccc2oc(Cc3ccc(Cl)cc3)nc2c1. The molecule has 0 saturated carbocycles. The van der Waals surface area contributed by atoms with E-state index in [0.717, 1.165) is 27.4 Å². The summed E-state index contributed by atoms with van der Waals surface area (Å²) in [5.41, 5.74) is 3.84. The number of nitrogens with one attached hydrogen (secondary N) is 1. The minimum absolute atomic E-state index is 0.667. The van der Waals surface area contributed by atoms with E-state index in [1.165, 1.54) is 0 Å². The predicted octanol–water partition coefficient (Wildman–Crippen LogP) is 4.11. The van der Waals surface area contributed by atoms with Crippen LogP contribution in [0, 0.1) is 0 Å². The van der Waals surface area contributed by atoms with E-state index in [9.17, 15) is 0 Å². The average Bonchev–Trinajstić information content (AvgIpc) is 2.82. The molecule has 0 bridgehead atoms. The third-order valence-corrected chi connectivity index (χ3v) is 3.24. The Morgan fingerprint density at radius 2 is 1.95 bits per heavy atom. The number of hydrogen-bond acceptors (Lipinski definition) is 3. The maximum Gasteiger partial charge on any atom is 0.199 e. The lowest BCUT2D eigenvalue weighted by Crippen LogP contribution is -1.87. The van der Waals surface area contributed by atoms with Crippen molar-refractivity contribution in [1.82, 2.24) is 4.98 Å². The van der Waals surface area contributed by atoms with Gasteiger partial charge < -0.3 is 9.73 Å². The highest BCUT2D eigenvalue weighted by Gasteiger charge is 2.07.